The van der Waals surface area contributed by atoms with Gasteiger partial charge in [0.15, 0.2) is 5.13 Å². The van der Waals surface area contributed by atoms with Gasteiger partial charge in [0.2, 0.25) is 5.91 Å². The number of fused-ring (bicyclic) bond motifs is 1. The van der Waals surface area contributed by atoms with Crippen LogP contribution in [0.4, 0.5) is 10.8 Å². The molecular weight excluding hydrogens is 402 g/mol. The van der Waals surface area contributed by atoms with E-state index in [1.807, 2.05) is 0 Å². The van der Waals surface area contributed by atoms with Crippen LogP contribution in [-0.2, 0) is 11.2 Å². The average molecular weight is 423 g/mol. The fourth-order valence-electron chi connectivity index (χ4n) is 3.35. The number of rotatable bonds is 6. The Labute approximate surface area is 178 Å². The van der Waals surface area contributed by atoms with Crippen LogP contribution in [0.5, 0.6) is 11.5 Å². The third-order valence-corrected chi connectivity index (χ3v) is 6.01. The van der Waals surface area contributed by atoms with Crippen molar-refractivity contribution in [3.05, 3.63) is 64.7 Å². The van der Waals surface area contributed by atoms with E-state index in [1.165, 1.54) is 11.3 Å². The topological polar surface area (TPSA) is 89.6 Å². The van der Waals surface area contributed by atoms with Crippen molar-refractivity contribution in [3.8, 4) is 11.5 Å². The smallest absolute Gasteiger partial charge is 0.257 e. The van der Waals surface area contributed by atoms with E-state index in [0.717, 1.165) is 22.7 Å². The minimum atomic E-state index is -0.329. The predicted molar refractivity (Wildman–Crippen MR) is 116 cm³/mol. The summed E-state index contributed by atoms with van der Waals surface area (Å²) < 4.78 is 10.2. The molecule has 1 heterocycles. The second-order valence-electron chi connectivity index (χ2n) is 6.82. The maximum absolute atomic E-state index is 12.8. The minimum Gasteiger partial charge on any atom is -0.497 e. The van der Waals surface area contributed by atoms with Crippen LogP contribution in [0.1, 0.15) is 33.3 Å². The number of nitrogens with one attached hydrogen (secondary N) is 2. The molecule has 1 aliphatic carbocycles. The lowest BCUT2D eigenvalue weighted by atomic mass is 10.1. The van der Waals surface area contributed by atoms with Crippen molar-refractivity contribution < 1.29 is 19.1 Å². The van der Waals surface area contributed by atoms with Crippen LogP contribution in [-0.4, -0.2) is 31.0 Å². The quantitative estimate of drug-likeness (QED) is 0.624. The van der Waals surface area contributed by atoms with Crippen molar-refractivity contribution in [2.24, 2.45) is 0 Å². The molecule has 0 saturated carbocycles. The Morgan fingerprint density at radius 2 is 1.60 bits per heavy atom. The summed E-state index contributed by atoms with van der Waals surface area (Å²) in [5, 5.41) is 6.27. The molecule has 30 heavy (non-hydrogen) atoms. The van der Waals surface area contributed by atoms with Gasteiger partial charge >= 0.3 is 0 Å². The Balaban J connectivity index is 1.43. The normalized spacial score (nSPS) is 14.7. The van der Waals surface area contributed by atoms with Crippen molar-refractivity contribution in [1.29, 1.82) is 0 Å². The molecule has 4 rings (SSSR count). The van der Waals surface area contributed by atoms with Crippen LogP contribution in [0.3, 0.4) is 0 Å². The summed E-state index contributed by atoms with van der Waals surface area (Å²) in [6.45, 7) is 0. The Bertz CT molecular complexity index is 1060. The van der Waals surface area contributed by atoms with Gasteiger partial charge in [-0.3, -0.25) is 14.9 Å². The van der Waals surface area contributed by atoms with Crippen molar-refractivity contribution >= 4 is 34.0 Å². The number of hydrogen-bond donors (Lipinski definition) is 2. The largest absolute Gasteiger partial charge is 0.497 e. The first-order chi connectivity index (χ1) is 14.6. The molecule has 0 spiro atoms. The zero-order valence-corrected chi connectivity index (χ0v) is 17.4. The number of aromatic nitrogens is 1. The van der Waals surface area contributed by atoms with Gasteiger partial charge in [0, 0.05) is 16.1 Å². The monoisotopic (exact) mass is 423 g/mol. The van der Waals surface area contributed by atoms with Crippen molar-refractivity contribution in [2.45, 2.75) is 18.8 Å². The maximum Gasteiger partial charge on any atom is 0.257 e. The van der Waals surface area contributed by atoms with Crippen LogP contribution in [0.25, 0.3) is 0 Å². The number of thiazole rings is 1. The number of amides is 2. The number of aryl methyl sites for hydroxylation is 1. The van der Waals surface area contributed by atoms with E-state index < -0.39 is 0 Å². The van der Waals surface area contributed by atoms with Crippen molar-refractivity contribution in [3.63, 3.8) is 0 Å². The number of ether oxygens (including phenoxy) is 2. The molecule has 0 bridgehead atoms. The summed E-state index contributed by atoms with van der Waals surface area (Å²) in [5.74, 6) is 0.741. The summed E-state index contributed by atoms with van der Waals surface area (Å²) in [7, 11) is 3.17. The molecule has 1 aliphatic rings. The van der Waals surface area contributed by atoms with Gasteiger partial charge < -0.3 is 14.8 Å². The highest BCUT2D eigenvalue weighted by Gasteiger charge is 2.33. The lowest BCUT2D eigenvalue weighted by Crippen LogP contribution is -2.20. The fraction of sp³-hybridized carbons (Fsp3) is 0.227. The number of nitrogens with zero attached hydrogens (tertiary/aromatic N) is 1. The molecule has 0 aliphatic heterocycles. The Kier molecular flexibility index (Phi) is 5.67. The van der Waals surface area contributed by atoms with E-state index in [1.54, 1.807) is 62.8 Å². The van der Waals surface area contributed by atoms with Crippen molar-refractivity contribution in [2.75, 3.05) is 24.9 Å². The van der Waals surface area contributed by atoms with E-state index in [9.17, 15) is 9.59 Å². The zero-order chi connectivity index (χ0) is 21.1. The van der Waals surface area contributed by atoms with Crippen LogP contribution in [0, 0.1) is 0 Å². The summed E-state index contributed by atoms with van der Waals surface area (Å²) in [6.07, 6.45) is 1.48. The van der Waals surface area contributed by atoms with Gasteiger partial charge in [-0.1, -0.05) is 0 Å². The number of anilines is 2. The molecule has 2 amide bonds. The molecule has 0 saturated heterocycles. The SMILES string of the molecule is COc1ccc(NC(=O)C2CCc3sc(NC(=O)c4ccc(OC)cc4)nc32)cc1. The van der Waals surface area contributed by atoms with E-state index in [0.29, 0.717) is 28.6 Å². The highest BCUT2D eigenvalue weighted by molar-refractivity contribution is 7.16. The van der Waals surface area contributed by atoms with Crippen LogP contribution < -0.4 is 20.1 Å². The van der Waals surface area contributed by atoms with Gasteiger partial charge in [-0.15, -0.1) is 11.3 Å². The molecule has 1 unspecified atom stereocenters. The molecular formula is C22H21N3O4S. The van der Waals surface area contributed by atoms with Gasteiger partial charge in [-0.25, -0.2) is 4.98 Å². The van der Waals surface area contributed by atoms with E-state index >= 15 is 0 Å². The number of methoxy groups -OCH3 is 2. The van der Waals surface area contributed by atoms with Crippen LogP contribution in [0.2, 0.25) is 0 Å². The molecule has 0 radical (unpaired) electrons. The third kappa shape index (κ3) is 4.13. The first-order valence-electron chi connectivity index (χ1n) is 9.47. The molecule has 1 atom stereocenters. The van der Waals surface area contributed by atoms with Crippen LogP contribution in [0.15, 0.2) is 48.5 Å². The maximum atomic E-state index is 12.8. The molecule has 1 aromatic heterocycles. The predicted octanol–water partition coefficient (Wildman–Crippen LogP) is 4.08. The number of benzene rings is 2. The number of carbonyl (C=O) groups is 2. The Morgan fingerprint density at radius 1 is 0.967 bits per heavy atom. The summed E-state index contributed by atoms with van der Waals surface area (Å²) in [4.78, 5) is 30.8. The molecule has 3 aromatic rings. The highest BCUT2D eigenvalue weighted by atomic mass is 32.1. The first-order valence-corrected chi connectivity index (χ1v) is 10.3. The molecule has 2 N–H and O–H groups in total. The lowest BCUT2D eigenvalue weighted by molar-refractivity contribution is -0.117. The van der Waals surface area contributed by atoms with Gasteiger partial charge in [0.05, 0.1) is 25.8 Å². The fourth-order valence-corrected chi connectivity index (χ4v) is 4.38. The number of hydrogen-bond acceptors (Lipinski definition) is 6. The Hall–Kier alpha value is -3.39. The zero-order valence-electron chi connectivity index (χ0n) is 16.6. The lowest BCUT2D eigenvalue weighted by Gasteiger charge is -2.11. The second-order valence-corrected chi connectivity index (χ2v) is 7.90. The average Bonchev–Trinajstić information content (AvgIpc) is 3.34. The van der Waals surface area contributed by atoms with Gasteiger partial charge in [0.1, 0.15) is 11.5 Å². The molecule has 154 valence electrons. The summed E-state index contributed by atoms with van der Waals surface area (Å²) >= 11 is 1.42. The van der Waals surface area contributed by atoms with Gasteiger partial charge in [-0.2, -0.15) is 0 Å². The van der Waals surface area contributed by atoms with E-state index in [2.05, 4.69) is 15.6 Å². The minimum absolute atomic E-state index is 0.0998. The molecule has 7 nitrogen and oxygen atoms in total. The van der Waals surface area contributed by atoms with Gasteiger partial charge in [-0.05, 0) is 61.4 Å². The van der Waals surface area contributed by atoms with E-state index in [-0.39, 0.29) is 17.7 Å². The number of carbonyl (C=O) groups excluding carboxylic acids is 2. The summed E-state index contributed by atoms with van der Waals surface area (Å²) in [6, 6.07) is 14.0. The van der Waals surface area contributed by atoms with Crippen LogP contribution >= 0.6 is 11.3 Å². The van der Waals surface area contributed by atoms with Gasteiger partial charge in [0.25, 0.3) is 5.91 Å². The Morgan fingerprint density at radius 3 is 2.23 bits per heavy atom. The first kappa shape index (κ1) is 19.9. The second kappa shape index (κ2) is 8.54. The van der Waals surface area contributed by atoms with Crippen molar-refractivity contribution in [1.82, 2.24) is 4.98 Å². The standard InChI is InChI=1S/C22H21N3O4S/c1-28-15-7-3-13(4-8-15)20(26)25-22-24-19-17(11-12-18(19)30-22)21(27)23-14-5-9-16(29-2)10-6-14/h3-10,17H,11-12H2,1-2H3,(H,23,27)(H,24,25,26). The summed E-state index contributed by atoms with van der Waals surface area (Å²) in [5.41, 5.74) is 1.97. The third-order valence-electron chi connectivity index (χ3n) is 4.96. The van der Waals surface area contributed by atoms with E-state index in [4.69, 9.17) is 9.47 Å². The molecule has 0 fully saturated rings. The molecule has 8 heteroatoms. The molecule has 2 aromatic carbocycles. The highest BCUT2D eigenvalue weighted by Crippen LogP contribution is 2.39.